The Labute approximate surface area is 127 Å². The molecule has 1 heterocycles. The van der Waals surface area contributed by atoms with E-state index < -0.39 is 5.54 Å². The van der Waals surface area contributed by atoms with Crippen molar-refractivity contribution in [1.82, 2.24) is 9.99 Å². The van der Waals surface area contributed by atoms with Crippen molar-refractivity contribution < 1.29 is 4.79 Å². The van der Waals surface area contributed by atoms with Crippen molar-refractivity contribution in [3.8, 4) is 0 Å². The zero-order valence-corrected chi connectivity index (χ0v) is 12.7. The van der Waals surface area contributed by atoms with Crippen molar-refractivity contribution in [3.63, 3.8) is 0 Å². The van der Waals surface area contributed by atoms with Gasteiger partial charge in [0, 0.05) is 22.4 Å². The van der Waals surface area contributed by atoms with Gasteiger partial charge in [0.05, 0.1) is 5.54 Å². The molecule has 0 aliphatic heterocycles. The Kier molecular flexibility index (Phi) is 4.26. The number of rotatable bonds is 3. The number of nitrogens with zero attached hydrogens (tertiary/aromatic N) is 1. The van der Waals surface area contributed by atoms with Crippen LogP contribution >= 0.6 is 23.2 Å². The zero-order valence-electron chi connectivity index (χ0n) is 11.2. The van der Waals surface area contributed by atoms with Crippen molar-refractivity contribution in [3.05, 3.63) is 58.3 Å². The van der Waals surface area contributed by atoms with E-state index in [2.05, 4.69) is 10.7 Å². The van der Waals surface area contributed by atoms with Gasteiger partial charge >= 0.3 is 6.03 Å². The van der Waals surface area contributed by atoms with E-state index in [9.17, 15) is 4.79 Å². The van der Waals surface area contributed by atoms with Gasteiger partial charge in [-0.15, -0.1) is 0 Å². The molecule has 0 saturated heterocycles. The van der Waals surface area contributed by atoms with E-state index in [-0.39, 0.29) is 6.03 Å². The molecule has 0 saturated carbocycles. The first-order valence-corrected chi connectivity index (χ1v) is 6.81. The van der Waals surface area contributed by atoms with Gasteiger partial charge in [-0.05, 0) is 49.7 Å². The maximum Gasteiger partial charge on any atom is 0.334 e. The number of halogens is 2. The molecule has 0 atom stereocenters. The van der Waals surface area contributed by atoms with Gasteiger partial charge in [-0.3, -0.25) is 4.68 Å². The Balaban J connectivity index is 2.11. The Bertz CT molecular complexity index is 589. The van der Waals surface area contributed by atoms with Gasteiger partial charge in [0.1, 0.15) is 0 Å². The van der Waals surface area contributed by atoms with E-state index in [0.29, 0.717) is 10.0 Å². The highest BCUT2D eigenvalue weighted by Gasteiger charge is 2.23. The van der Waals surface area contributed by atoms with Crippen LogP contribution in [0.3, 0.4) is 0 Å². The SMILES string of the molecule is CC(C)(NC(=O)Nn1cccc1)c1cc(Cl)cc(Cl)c1. The highest BCUT2D eigenvalue weighted by atomic mass is 35.5. The van der Waals surface area contributed by atoms with Crippen LogP contribution in [0.4, 0.5) is 4.79 Å². The second-order valence-corrected chi connectivity index (χ2v) is 5.81. The summed E-state index contributed by atoms with van der Waals surface area (Å²) in [5, 5.41) is 3.95. The lowest BCUT2D eigenvalue weighted by Gasteiger charge is -2.27. The highest BCUT2D eigenvalue weighted by molar-refractivity contribution is 6.34. The minimum Gasteiger partial charge on any atom is -0.328 e. The molecule has 0 unspecified atom stereocenters. The topological polar surface area (TPSA) is 46.1 Å². The van der Waals surface area contributed by atoms with Gasteiger partial charge in [-0.25, -0.2) is 10.2 Å². The fraction of sp³-hybridized carbons (Fsp3) is 0.214. The van der Waals surface area contributed by atoms with Crippen LogP contribution in [0.5, 0.6) is 0 Å². The summed E-state index contributed by atoms with van der Waals surface area (Å²) in [5.74, 6) is 0. The summed E-state index contributed by atoms with van der Waals surface area (Å²) in [4.78, 5) is 12.0. The lowest BCUT2D eigenvalue weighted by molar-refractivity contribution is 0.239. The quantitative estimate of drug-likeness (QED) is 0.884. The van der Waals surface area contributed by atoms with Gasteiger partial charge in [0.2, 0.25) is 0 Å². The molecule has 0 fully saturated rings. The third-order valence-electron chi connectivity index (χ3n) is 2.85. The van der Waals surface area contributed by atoms with Crippen LogP contribution in [-0.2, 0) is 5.54 Å². The van der Waals surface area contributed by atoms with Crippen LogP contribution < -0.4 is 10.7 Å². The minimum atomic E-state index is -0.605. The van der Waals surface area contributed by atoms with Gasteiger partial charge < -0.3 is 5.32 Å². The normalized spacial score (nSPS) is 11.2. The predicted octanol–water partition coefficient (Wildman–Crippen LogP) is 3.98. The van der Waals surface area contributed by atoms with Crippen LogP contribution in [0.1, 0.15) is 19.4 Å². The molecule has 0 bridgehead atoms. The molecule has 0 aliphatic rings. The van der Waals surface area contributed by atoms with Gasteiger partial charge in [-0.2, -0.15) is 0 Å². The Hall–Kier alpha value is -1.65. The molecule has 2 rings (SSSR count). The molecule has 4 nitrogen and oxygen atoms in total. The van der Waals surface area contributed by atoms with Crippen molar-refractivity contribution in [2.24, 2.45) is 0 Å². The third-order valence-corrected chi connectivity index (χ3v) is 3.28. The first-order chi connectivity index (χ1) is 9.37. The standard InChI is InChI=1S/C14H15Cl2N3O/c1-14(2,10-7-11(15)9-12(16)8-10)17-13(20)18-19-5-3-4-6-19/h3-9H,1-2H3,(H2,17,18,20). The molecular formula is C14H15Cl2N3O. The third kappa shape index (κ3) is 3.68. The number of carbonyl (C=O) groups is 1. The molecule has 1 aromatic heterocycles. The molecule has 0 radical (unpaired) electrons. The first kappa shape index (κ1) is 14.8. The molecule has 2 N–H and O–H groups in total. The van der Waals surface area contributed by atoms with E-state index >= 15 is 0 Å². The fourth-order valence-electron chi connectivity index (χ4n) is 1.82. The van der Waals surface area contributed by atoms with E-state index in [0.717, 1.165) is 5.56 Å². The summed E-state index contributed by atoms with van der Waals surface area (Å²) < 4.78 is 1.57. The Morgan fingerprint density at radius 1 is 1.10 bits per heavy atom. The molecule has 0 spiro atoms. The average Bonchev–Trinajstić information content (AvgIpc) is 2.79. The summed E-state index contributed by atoms with van der Waals surface area (Å²) in [7, 11) is 0. The number of aromatic nitrogens is 1. The van der Waals surface area contributed by atoms with E-state index in [1.807, 2.05) is 26.0 Å². The summed E-state index contributed by atoms with van der Waals surface area (Å²) >= 11 is 12.0. The highest BCUT2D eigenvalue weighted by Crippen LogP contribution is 2.27. The first-order valence-electron chi connectivity index (χ1n) is 6.05. The monoisotopic (exact) mass is 311 g/mol. The maximum absolute atomic E-state index is 12.0. The van der Waals surface area contributed by atoms with Crippen LogP contribution in [0.15, 0.2) is 42.7 Å². The lowest BCUT2D eigenvalue weighted by atomic mass is 9.94. The van der Waals surface area contributed by atoms with Crippen LogP contribution in [0.2, 0.25) is 10.0 Å². The van der Waals surface area contributed by atoms with Crippen LogP contribution in [-0.4, -0.2) is 10.7 Å². The number of hydrogen-bond acceptors (Lipinski definition) is 1. The van der Waals surface area contributed by atoms with Crippen molar-refractivity contribution >= 4 is 29.2 Å². The smallest absolute Gasteiger partial charge is 0.328 e. The average molecular weight is 312 g/mol. The summed E-state index contributed by atoms with van der Waals surface area (Å²) in [6, 6.07) is 8.54. The molecule has 106 valence electrons. The summed E-state index contributed by atoms with van der Waals surface area (Å²) in [6.07, 6.45) is 3.48. The van der Waals surface area contributed by atoms with Gasteiger partial charge in [-0.1, -0.05) is 23.2 Å². The van der Waals surface area contributed by atoms with Crippen LogP contribution in [0, 0.1) is 0 Å². The number of hydrogen-bond donors (Lipinski definition) is 2. The van der Waals surface area contributed by atoms with E-state index in [1.54, 1.807) is 35.3 Å². The van der Waals surface area contributed by atoms with Crippen LogP contribution in [0.25, 0.3) is 0 Å². The van der Waals surface area contributed by atoms with Crippen molar-refractivity contribution in [2.45, 2.75) is 19.4 Å². The molecule has 6 heteroatoms. The number of carbonyl (C=O) groups excluding carboxylic acids is 1. The Morgan fingerprint density at radius 3 is 2.20 bits per heavy atom. The lowest BCUT2D eigenvalue weighted by Crippen LogP contribution is -2.45. The number of urea groups is 1. The summed E-state index contributed by atoms with van der Waals surface area (Å²) in [5.41, 5.74) is 2.90. The largest absolute Gasteiger partial charge is 0.334 e. The minimum absolute atomic E-state index is 0.317. The zero-order chi connectivity index (χ0) is 14.8. The molecule has 20 heavy (non-hydrogen) atoms. The van der Waals surface area contributed by atoms with Gasteiger partial charge in [0.15, 0.2) is 0 Å². The fourth-order valence-corrected chi connectivity index (χ4v) is 2.35. The second kappa shape index (κ2) is 5.77. The molecule has 1 aromatic carbocycles. The van der Waals surface area contributed by atoms with E-state index in [1.165, 1.54) is 0 Å². The number of nitrogens with one attached hydrogen (secondary N) is 2. The number of benzene rings is 1. The maximum atomic E-state index is 12.0. The van der Waals surface area contributed by atoms with Gasteiger partial charge in [0.25, 0.3) is 0 Å². The second-order valence-electron chi connectivity index (χ2n) is 4.94. The van der Waals surface area contributed by atoms with Crippen molar-refractivity contribution in [2.75, 3.05) is 5.43 Å². The summed E-state index contributed by atoms with van der Waals surface area (Å²) in [6.45, 7) is 3.76. The van der Waals surface area contributed by atoms with E-state index in [4.69, 9.17) is 23.2 Å². The molecule has 2 aromatic rings. The molecule has 0 aliphatic carbocycles. The molecular weight excluding hydrogens is 297 g/mol. The Morgan fingerprint density at radius 2 is 1.65 bits per heavy atom. The molecule has 2 amide bonds. The number of amides is 2. The van der Waals surface area contributed by atoms with Crippen molar-refractivity contribution in [1.29, 1.82) is 0 Å². The predicted molar refractivity (Wildman–Crippen MR) is 81.8 cm³/mol.